The van der Waals surface area contributed by atoms with Gasteiger partial charge in [-0.1, -0.05) is 34.6 Å². The van der Waals surface area contributed by atoms with Gasteiger partial charge in [0, 0.05) is 49.2 Å². The third kappa shape index (κ3) is 5.01. The highest BCUT2D eigenvalue weighted by atomic mass is 16.2. The van der Waals surface area contributed by atoms with Crippen molar-refractivity contribution in [3.05, 3.63) is 64.6 Å². The zero-order valence-electron chi connectivity index (χ0n) is 23.1. The predicted octanol–water partition coefficient (Wildman–Crippen LogP) is 4.66. The second-order valence-electron chi connectivity index (χ2n) is 12.5. The molecule has 1 aliphatic rings. The molecule has 0 aliphatic heterocycles. The highest BCUT2D eigenvalue weighted by Crippen LogP contribution is 2.42. The number of hydrogen-bond acceptors (Lipinski definition) is 5. The van der Waals surface area contributed by atoms with Crippen molar-refractivity contribution in [3.63, 3.8) is 0 Å². The molecule has 0 bridgehead atoms. The lowest BCUT2D eigenvalue weighted by Gasteiger charge is -2.42. The lowest BCUT2D eigenvalue weighted by Crippen LogP contribution is -2.48. The van der Waals surface area contributed by atoms with Gasteiger partial charge in [-0.15, -0.1) is 0 Å². The maximum absolute atomic E-state index is 13.2. The van der Waals surface area contributed by atoms with E-state index in [0.717, 1.165) is 36.0 Å². The van der Waals surface area contributed by atoms with Gasteiger partial charge in [0.1, 0.15) is 5.69 Å². The second-order valence-corrected chi connectivity index (χ2v) is 12.5. The number of aromatic amines is 1. The lowest BCUT2D eigenvalue weighted by molar-refractivity contribution is 0.0831. The largest absolute Gasteiger partial charge is 0.347 e. The van der Waals surface area contributed by atoms with Gasteiger partial charge >= 0.3 is 5.69 Å². The molecule has 4 heterocycles. The molecular formula is C29H37N7O2. The molecule has 38 heavy (non-hydrogen) atoms. The number of rotatable bonds is 5. The van der Waals surface area contributed by atoms with Crippen LogP contribution < -0.4 is 11.0 Å². The van der Waals surface area contributed by atoms with Crippen molar-refractivity contribution in [2.45, 2.75) is 72.4 Å². The number of nitrogens with one attached hydrogen (secondary N) is 2. The number of fused-ring (bicyclic) bond motifs is 1. The summed E-state index contributed by atoms with van der Waals surface area (Å²) in [6.45, 7) is 11.4. The summed E-state index contributed by atoms with van der Waals surface area (Å²) in [7, 11) is 1.79. The Balaban J connectivity index is 1.36. The standard InChI is InChI=1S/C29H37N7O2/c1-28(2,3)17-36-23-8-7-20(31-25(23)35(6)27(36)38)19-9-12-29(4,5)24(15-19)32-26(37)22-16-21(33-34-22)18-10-13-30-14-11-18/h7-8,10-11,13-14,16,19,24H,9,12,15,17H2,1-6H3,(H,32,37)(H,33,34). The van der Waals surface area contributed by atoms with E-state index >= 15 is 0 Å². The van der Waals surface area contributed by atoms with Gasteiger partial charge in [-0.3, -0.25) is 24.0 Å². The molecule has 5 rings (SSSR count). The van der Waals surface area contributed by atoms with Gasteiger partial charge in [0.2, 0.25) is 0 Å². The number of H-pyrrole nitrogens is 1. The SMILES string of the molecule is Cn1c(=O)n(CC(C)(C)C)c2ccc(C3CCC(C)(C)C(NC(=O)c4cc(-c5ccncc5)n[nH]4)C3)nc21. The van der Waals surface area contributed by atoms with Crippen LogP contribution in [-0.4, -0.2) is 41.2 Å². The zero-order valence-corrected chi connectivity index (χ0v) is 23.1. The van der Waals surface area contributed by atoms with Crippen LogP contribution in [0.3, 0.4) is 0 Å². The molecule has 0 saturated heterocycles. The average Bonchev–Trinajstić information content (AvgIpc) is 3.45. The Morgan fingerprint density at radius 3 is 2.63 bits per heavy atom. The van der Waals surface area contributed by atoms with E-state index < -0.39 is 0 Å². The monoisotopic (exact) mass is 515 g/mol. The van der Waals surface area contributed by atoms with Crippen molar-refractivity contribution in [2.24, 2.45) is 17.9 Å². The molecule has 9 nitrogen and oxygen atoms in total. The van der Waals surface area contributed by atoms with E-state index in [1.54, 1.807) is 30.1 Å². The maximum Gasteiger partial charge on any atom is 0.330 e. The third-order valence-electron chi connectivity index (χ3n) is 7.76. The first-order chi connectivity index (χ1) is 17.9. The summed E-state index contributed by atoms with van der Waals surface area (Å²) in [6, 6.07) is 9.55. The second kappa shape index (κ2) is 9.53. The summed E-state index contributed by atoms with van der Waals surface area (Å²) in [5.74, 6) is 0.0227. The molecule has 1 fully saturated rings. The minimum atomic E-state index is -0.165. The van der Waals surface area contributed by atoms with Crippen molar-refractivity contribution in [1.82, 2.24) is 34.6 Å². The molecule has 200 valence electrons. The van der Waals surface area contributed by atoms with Crippen LogP contribution in [0, 0.1) is 10.8 Å². The van der Waals surface area contributed by atoms with Gasteiger partial charge in [-0.2, -0.15) is 5.10 Å². The van der Waals surface area contributed by atoms with Gasteiger partial charge in [0.25, 0.3) is 5.91 Å². The minimum absolute atomic E-state index is 0.0229. The van der Waals surface area contributed by atoms with Gasteiger partial charge in [-0.05, 0) is 60.4 Å². The maximum atomic E-state index is 13.2. The molecule has 2 atom stereocenters. The van der Waals surface area contributed by atoms with Crippen molar-refractivity contribution < 1.29 is 4.79 Å². The number of hydrogen-bond donors (Lipinski definition) is 2. The molecule has 9 heteroatoms. The fourth-order valence-electron chi connectivity index (χ4n) is 5.45. The van der Waals surface area contributed by atoms with E-state index in [0.29, 0.717) is 23.6 Å². The molecule has 4 aromatic heterocycles. The molecule has 0 radical (unpaired) electrons. The van der Waals surface area contributed by atoms with Crippen molar-refractivity contribution in [3.8, 4) is 11.3 Å². The number of carbonyl (C=O) groups excluding carboxylic acids is 1. The van der Waals surface area contributed by atoms with Crippen molar-refractivity contribution in [1.29, 1.82) is 0 Å². The zero-order chi connectivity index (χ0) is 27.2. The summed E-state index contributed by atoms with van der Waals surface area (Å²) in [6.07, 6.45) is 6.12. The molecule has 1 amide bonds. The van der Waals surface area contributed by atoms with E-state index in [1.165, 1.54) is 0 Å². The van der Waals surface area contributed by atoms with E-state index in [1.807, 2.05) is 22.8 Å². The van der Waals surface area contributed by atoms with Gasteiger partial charge < -0.3 is 5.32 Å². The molecule has 0 aromatic carbocycles. The fourth-order valence-corrected chi connectivity index (χ4v) is 5.45. The van der Waals surface area contributed by atoms with E-state index in [2.05, 4.69) is 61.2 Å². The minimum Gasteiger partial charge on any atom is -0.347 e. The van der Waals surface area contributed by atoms with Gasteiger partial charge in [-0.25, -0.2) is 9.78 Å². The molecule has 2 unspecified atom stereocenters. The van der Waals surface area contributed by atoms with Crippen LogP contribution in [0.2, 0.25) is 0 Å². The number of imidazole rings is 1. The number of aryl methyl sites for hydroxylation is 1. The summed E-state index contributed by atoms with van der Waals surface area (Å²) in [4.78, 5) is 35.2. The van der Waals surface area contributed by atoms with Crippen LogP contribution in [0.4, 0.5) is 0 Å². The van der Waals surface area contributed by atoms with Crippen LogP contribution in [0.15, 0.2) is 47.5 Å². The third-order valence-corrected chi connectivity index (χ3v) is 7.76. The lowest BCUT2D eigenvalue weighted by atomic mass is 9.68. The highest BCUT2D eigenvalue weighted by Gasteiger charge is 2.38. The van der Waals surface area contributed by atoms with Gasteiger partial charge in [0.15, 0.2) is 5.65 Å². The molecule has 4 aromatic rings. The first-order valence-electron chi connectivity index (χ1n) is 13.3. The predicted molar refractivity (Wildman–Crippen MR) is 148 cm³/mol. The molecular weight excluding hydrogens is 478 g/mol. The topological polar surface area (TPSA) is 110 Å². The van der Waals surface area contributed by atoms with E-state index in [-0.39, 0.29) is 34.4 Å². The Morgan fingerprint density at radius 2 is 1.92 bits per heavy atom. The molecule has 1 aliphatic carbocycles. The Kier molecular flexibility index (Phi) is 6.49. The average molecular weight is 516 g/mol. The van der Waals surface area contributed by atoms with E-state index in [4.69, 9.17) is 4.98 Å². The normalized spacial score (nSPS) is 19.5. The smallest absolute Gasteiger partial charge is 0.330 e. The number of aromatic nitrogens is 6. The van der Waals surface area contributed by atoms with Crippen LogP contribution in [0.1, 0.15) is 76.0 Å². The number of carbonyl (C=O) groups is 1. The summed E-state index contributed by atoms with van der Waals surface area (Å²) in [5, 5.41) is 10.5. The molecule has 2 N–H and O–H groups in total. The Morgan fingerprint density at radius 1 is 1.18 bits per heavy atom. The van der Waals surface area contributed by atoms with E-state index in [9.17, 15) is 9.59 Å². The first kappa shape index (κ1) is 25.9. The van der Waals surface area contributed by atoms with Crippen LogP contribution >= 0.6 is 0 Å². The summed E-state index contributed by atoms with van der Waals surface area (Å²) in [5.41, 5.74) is 4.46. The Labute approximate surface area is 222 Å². The molecule has 0 spiro atoms. The molecule has 1 saturated carbocycles. The summed E-state index contributed by atoms with van der Waals surface area (Å²) < 4.78 is 3.47. The first-order valence-corrected chi connectivity index (χ1v) is 13.3. The van der Waals surface area contributed by atoms with Crippen LogP contribution in [-0.2, 0) is 13.6 Å². The number of pyridine rings is 2. The van der Waals surface area contributed by atoms with Gasteiger partial charge in [0.05, 0.1) is 11.2 Å². The van der Waals surface area contributed by atoms with Crippen LogP contribution in [0.5, 0.6) is 0 Å². The van der Waals surface area contributed by atoms with Crippen molar-refractivity contribution in [2.75, 3.05) is 0 Å². The van der Waals surface area contributed by atoms with Crippen LogP contribution in [0.25, 0.3) is 22.4 Å². The quantitative estimate of drug-likeness (QED) is 0.402. The Bertz CT molecular complexity index is 1520. The number of nitrogens with zero attached hydrogens (tertiary/aromatic N) is 5. The highest BCUT2D eigenvalue weighted by molar-refractivity contribution is 5.93. The number of amides is 1. The van der Waals surface area contributed by atoms with Crippen molar-refractivity contribution >= 4 is 17.1 Å². The fraction of sp³-hybridized carbons (Fsp3) is 0.483. The Hall–Kier alpha value is -3.75. The summed E-state index contributed by atoms with van der Waals surface area (Å²) >= 11 is 0.